The predicted molar refractivity (Wildman–Crippen MR) is 77.8 cm³/mol. The van der Waals surface area contributed by atoms with Gasteiger partial charge < -0.3 is 19.7 Å². The van der Waals surface area contributed by atoms with Gasteiger partial charge in [-0.15, -0.1) is 0 Å². The summed E-state index contributed by atoms with van der Waals surface area (Å²) in [5.74, 6) is -0.324. The molecule has 1 aromatic carbocycles. The van der Waals surface area contributed by atoms with Crippen molar-refractivity contribution in [2.24, 2.45) is 0 Å². The summed E-state index contributed by atoms with van der Waals surface area (Å²) in [6.45, 7) is -0.977. The first-order chi connectivity index (χ1) is 11.2. The van der Waals surface area contributed by atoms with Gasteiger partial charge in [0.15, 0.2) is 6.10 Å². The Balaban J connectivity index is 2.10. The van der Waals surface area contributed by atoms with E-state index in [1.165, 1.54) is 18.4 Å². The summed E-state index contributed by atoms with van der Waals surface area (Å²) >= 11 is 0. The fourth-order valence-electron chi connectivity index (χ4n) is 1.87. The predicted octanol–water partition coefficient (Wildman–Crippen LogP) is 3.47. The number of amides is 2. The molecule has 0 spiro atoms. The Labute approximate surface area is 134 Å². The second kappa shape index (κ2) is 6.91. The standard InChI is InChI=1S/C15H14F4N2O3/c1-21(8-13(22)15(17,18)19)14(23)20-11-7-9(4-5-10(11)16)12-3-2-6-24-12/h2-7,13,22H,8H2,1H3,(H,20,23). The molecule has 0 aliphatic carbocycles. The molecular formula is C15H14F4N2O3. The van der Waals surface area contributed by atoms with Crippen LogP contribution in [0.25, 0.3) is 11.3 Å². The number of aliphatic hydroxyl groups is 1. The number of anilines is 1. The van der Waals surface area contributed by atoms with Gasteiger partial charge in [-0.05, 0) is 30.3 Å². The highest BCUT2D eigenvalue weighted by atomic mass is 19.4. The number of nitrogens with zero attached hydrogens (tertiary/aromatic N) is 1. The Morgan fingerprint density at radius 1 is 1.38 bits per heavy atom. The second-order valence-electron chi connectivity index (χ2n) is 5.04. The lowest BCUT2D eigenvalue weighted by Crippen LogP contribution is -2.43. The van der Waals surface area contributed by atoms with Crippen LogP contribution in [-0.4, -0.2) is 41.9 Å². The molecule has 1 atom stereocenters. The SMILES string of the molecule is CN(CC(O)C(F)(F)F)C(=O)Nc1cc(-c2ccco2)ccc1F. The molecule has 0 bridgehead atoms. The van der Waals surface area contributed by atoms with Gasteiger partial charge in [0.25, 0.3) is 0 Å². The van der Waals surface area contributed by atoms with Crippen LogP contribution in [0.15, 0.2) is 41.0 Å². The van der Waals surface area contributed by atoms with Crippen LogP contribution >= 0.6 is 0 Å². The molecule has 1 aromatic heterocycles. The fourth-order valence-corrected chi connectivity index (χ4v) is 1.87. The molecule has 24 heavy (non-hydrogen) atoms. The van der Waals surface area contributed by atoms with Crippen molar-refractivity contribution in [3.63, 3.8) is 0 Å². The smallest absolute Gasteiger partial charge is 0.416 e. The summed E-state index contributed by atoms with van der Waals surface area (Å²) in [7, 11) is 1.05. The number of carbonyl (C=O) groups excluding carboxylic acids is 1. The molecule has 2 N–H and O–H groups in total. The van der Waals surface area contributed by atoms with Crippen LogP contribution in [0.5, 0.6) is 0 Å². The molecule has 2 aromatic rings. The van der Waals surface area contributed by atoms with Gasteiger partial charge >= 0.3 is 12.2 Å². The van der Waals surface area contributed by atoms with Crippen molar-refractivity contribution in [2.75, 3.05) is 18.9 Å². The average molecular weight is 346 g/mol. The third-order valence-electron chi connectivity index (χ3n) is 3.18. The highest BCUT2D eigenvalue weighted by Crippen LogP contribution is 2.26. The van der Waals surface area contributed by atoms with E-state index in [1.807, 2.05) is 0 Å². The van der Waals surface area contributed by atoms with Gasteiger partial charge in [0.2, 0.25) is 0 Å². The van der Waals surface area contributed by atoms with Gasteiger partial charge in [0, 0.05) is 12.6 Å². The second-order valence-corrected chi connectivity index (χ2v) is 5.04. The first-order valence-corrected chi connectivity index (χ1v) is 6.79. The highest BCUT2D eigenvalue weighted by Gasteiger charge is 2.39. The van der Waals surface area contributed by atoms with E-state index in [1.54, 1.807) is 12.1 Å². The van der Waals surface area contributed by atoms with Crippen LogP contribution < -0.4 is 5.32 Å². The van der Waals surface area contributed by atoms with Crippen LogP contribution in [0.1, 0.15) is 0 Å². The number of benzene rings is 1. The number of aliphatic hydroxyl groups excluding tert-OH is 1. The molecule has 0 aliphatic heterocycles. The van der Waals surface area contributed by atoms with E-state index in [9.17, 15) is 22.4 Å². The molecule has 1 unspecified atom stereocenters. The van der Waals surface area contributed by atoms with Crippen LogP contribution in [-0.2, 0) is 0 Å². The zero-order chi connectivity index (χ0) is 17.9. The lowest BCUT2D eigenvalue weighted by molar-refractivity contribution is -0.205. The molecular weight excluding hydrogens is 332 g/mol. The summed E-state index contributed by atoms with van der Waals surface area (Å²) in [6.07, 6.45) is -6.12. The molecule has 0 fully saturated rings. The zero-order valence-corrected chi connectivity index (χ0v) is 12.5. The Kier molecular flexibility index (Phi) is 5.13. The summed E-state index contributed by atoms with van der Waals surface area (Å²) in [6, 6.07) is 6.08. The third kappa shape index (κ3) is 4.25. The Bertz CT molecular complexity index is 701. The van der Waals surface area contributed by atoms with Crippen LogP contribution in [0.2, 0.25) is 0 Å². The molecule has 0 saturated heterocycles. The molecule has 0 radical (unpaired) electrons. The molecule has 9 heteroatoms. The van der Waals surface area contributed by atoms with Crippen molar-refractivity contribution in [2.45, 2.75) is 12.3 Å². The van der Waals surface area contributed by atoms with E-state index in [4.69, 9.17) is 9.52 Å². The monoisotopic (exact) mass is 346 g/mol. The molecule has 2 amide bonds. The minimum atomic E-state index is -4.85. The lowest BCUT2D eigenvalue weighted by Gasteiger charge is -2.22. The van der Waals surface area contributed by atoms with Crippen molar-refractivity contribution in [3.8, 4) is 11.3 Å². The number of halogens is 4. The van der Waals surface area contributed by atoms with Crippen LogP contribution in [0.4, 0.5) is 28.0 Å². The number of hydrogen-bond acceptors (Lipinski definition) is 3. The van der Waals surface area contributed by atoms with Crippen molar-refractivity contribution in [1.82, 2.24) is 4.90 Å². The largest absolute Gasteiger partial charge is 0.464 e. The fraction of sp³-hybridized carbons (Fsp3) is 0.267. The van der Waals surface area contributed by atoms with E-state index in [-0.39, 0.29) is 5.69 Å². The first-order valence-electron chi connectivity index (χ1n) is 6.79. The minimum absolute atomic E-state index is 0.220. The van der Waals surface area contributed by atoms with Crippen molar-refractivity contribution in [3.05, 3.63) is 42.4 Å². The van der Waals surface area contributed by atoms with Crippen molar-refractivity contribution in [1.29, 1.82) is 0 Å². The van der Waals surface area contributed by atoms with Crippen LogP contribution in [0, 0.1) is 5.82 Å². The lowest BCUT2D eigenvalue weighted by atomic mass is 10.1. The van der Waals surface area contributed by atoms with E-state index in [2.05, 4.69) is 5.32 Å². The number of alkyl halides is 3. The number of urea groups is 1. The van der Waals surface area contributed by atoms with Gasteiger partial charge in [-0.3, -0.25) is 0 Å². The number of furan rings is 1. The number of carbonyl (C=O) groups is 1. The summed E-state index contributed by atoms with van der Waals surface area (Å²) in [5, 5.41) is 11.1. The van der Waals surface area contributed by atoms with Crippen LogP contribution in [0.3, 0.4) is 0 Å². The molecule has 0 saturated carbocycles. The number of hydrogen-bond donors (Lipinski definition) is 2. The maximum Gasteiger partial charge on any atom is 0.416 e. The molecule has 130 valence electrons. The summed E-state index contributed by atoms with van der Waals surface area (Å²) in [4.78, 5) is 12.5. The van der Waals surface area contributed by atoms with Gasteiger partial charge in [-0.2, -0.15) is 13.2 Å². The van der Waals surface area contributed by atoms with E-state index >= 15 is 0 Å². The highest BCUT2D eigenvalue weighted by molar-refractivity contribution is 5.90. The normalized spacial score (nSPS) is 12.8. The van der Waals surface area contributed by atoms with Gasteiger partial charge in [0.05, 0.1) is 18.5 Å². The quantitative estimate of drug-likeness (QED) is 0.833. The van der Waals surface area contributed by atoms with Crippen molar-refractivity contribution >= 4 is 11.7 Å². The summed E-state index contributed by atoms with van der Waals surface area (Å²) in [5.41, 5.74) is 0.261. The van der Waals surface area contributed by atoms with Gasteiger partial charge in [-0.25, -0.2) is 9.18 Å². The first kappa shape index (κ1) is 17.8. The maximum absolute atomic E-state index is 13.8. The molecule has 1 heterocycles. The molecule has 5 nitrogen and oxygen atoms in total. The third-order valence-corrected chi connectivity index (χ3v) is 3.18. The number of likely N-dealkylation sites (N-methyl/N-ethyl adjacent to an activating group) is 1. The number of rotatable bonds is 4. The Morgan fingerprint density at radius 3 is 2.67 bits per heavy atom. The Morgan fingerprint density at radius 2 is 2.08 bits per heavy atom. The van der Waals surface area contributed by atoms with Gasteiger partial charge in [0.1, 0.15) is 11.6 Å². The van der Waals surface area contributed by atoms with Gasteiger partial charge in [-0.1, -0.05) is 0 Å². The molecule has 0 aliphatic rings. The van der Waals surface area contributed by atoms with Crippen molar-refractivity contribution < 1.29 is 31.9 Å². The topological polar surface area (TPSA) is 65.7 Å². The zero-order valence-electron chi connectivity index (χ0n) is 12.5. The summed E-state index contributed by atoms with van der Waals surface area (Å²) < 4.78 is 55.8. The minimum Gasteiger partial charge on any atom is -0.464 e. The maximum atomic E-state index is 13.8. The Hall–Kier alpha value is -2.55. The van der Waals surface area contributed by atoms with E-state index in [0.29, 0.717) is 16.2 Å². The number of nitrogens with one attached hydrogen (secondary N) is 1. The van der Waals surface area contributed by atoms with E-state index in [0.717, 1.165) is 13.1 Å². The molecule has 2 rings (SSSR count). The van der Waals surface area contributed by atoms with E-state index < -0.39 is 30.7 Å². The average Bonchev–Trinajstić information content (AvgIpc) is 3.02.